The fraction of sp³-hybridized carbons (Fsp3) is 0.261. The van der Waals surface area contributed by atoms with Gasteiger partial charge in [0.2, 0.25) is 0 Å². The van der Waals surface area contributed by atoms with Crippen molar-refractivity contribution in [2.45, 2.75) is 19.4 Å². The van der Waals surface area contributed by atoms with Crippen LogP contribution in [-0.2, 0) is 6.42 Å². The molecule has 3 aromatic rings. The lowest BCUT2D eigenvalue weighted by Crippen LogP contribution is -2.39. The summed E-state index contributed by atoms with van der Waals surface area (Å²) in [5, 5.41) is 13.7. The minimum absolute atomic E-state index is 0.0725. The van der Waals surface area contributed by atoms with Crippen LogP contribution >= 0.6 is 0 Å². The second-order valence-electron chi connectivity index (χ2n) is 6.94. The van der Waals surface area contributed by atoms with Gasteiger partial charge in [-0.2, -0.15) is 5.10 Å². The highest BCUT2D eigenvalue weighted by atomic mass is 16.1. The number of carbonyl (C=O) groups excluding carboxylic acids is 1. The van der Waals surface area contributed by atoms with Gasteiger partial charge in [0.05, 0.1) is 11.7 Å². The predicted molar refractivity (Wildman–Crippen MR) is 120 cm³/mol. The first-order chi connectivity index (χ1) is 14.6. The molecule has 2 aromatic carbocycles. The average molecular weight is 405 g/mol. The van der Waals surface area contributed by atoms with Gasteiger partial charge in [0.1, 0.15) is 0 Å². The van der Waals surface area contributed by atoms with Gasteiger partial charge in [-0.1, -0.05) is 24.3 Å². The molecule has 0 fully saturated rings. The number of rotatable bonds is 7. The van der Waals surface area contributed by atoms with E-state index in [0.717, 1.165) is 29.2 Å². The summed E-state index contributed by atoms with van der Waals surface area (Å²) in [4.78, 5) is 16.1. The molecule has 0 spiro atoms. The molecule has 0 saturated heterocycles. The minimum Gasteiger partial charge on any atom is -0.356 e. The molecule has 0 saturated carbocycles. The van der Waals surface area contributed by atoms with Crippen LogP contribution in [0.4, 0.5) is 0 Å². The van der Waals surface area contributed by atoms with E-state index >= 15 is 0 Å². The zero-order chi connectivity index (χ0) is 21.3. The molecule has 1 atom stereocenters. The van der Waals surface area contributed by atoms with Crippen molar-refractivity contribution >= 4 is 11.9 Å². The van der Waals surface area contributed by atoms with E-state index < -0.39 is 0 Å². The Labute approximate surface area is 177 Å². The standard InChI is InChI=1S/C23H28N6O/c1-17(19-8-5-10-21(16-19)29-14-6-12-27-29)28-23(25-3)26-13-11-18-7-4-9-20(15-18)22(30)24-2/h4-10,12,14-17H,11,13H2,1-3H3,(H,24,30)(H2,25,26,28). The predicted octanol–water partition coefficient (Wildman–Crippen LogP) is 2.70. The molecule has 7 nitrogen and oxygen atoms in total. The molecule has 1 aromatic heterocycles. The van der Waals surface area contributed by atoms with Crippen molar-refractivity contribution in [2.24, 2.45) is 4.99 Å². The van der Waals surface area contributed by atoms with Crippen LogP contribution in [0, 0.1) is 0 Å². The Morgan fingerprint density at radius 3 is 2.73 bits per heavy atom. The lowest BCUT2D eigenvalue weighted by atomic mass is 10.1. The highest BCUT2D eigenvalue weighted by Crippen LogP contribution is 2.16. The third-order valence-corrected chi connectivity index (χ3v) is 4.84. The third kappa shape index (κ3) is 5.47. The number of hydrogen-bond acceptors (Lipinski definition) is 3. The molecule has 0 bridgehead atoms. The summed E-state index contributed by atoms with van der Waals surface area (Å²) in [7, 11) is 3.40. The number of aliphatic imine (C=N–C) groups is 1. The maximum atomic E-state index is 11.8. The van der Waals surface area contributed by atoms with Gasteiger partial charge >= 0.3 is 0 Å². The number of benzene rings is 2. The Balaban J connectivity index is 1.56. The van der Waals surface area contributed by atoms with Crippen LogP contribution in [0.3, 0.4) is 0 Å². The van der Waals surface area contributed by atoms with Crippen LogP contribution < -0.4 is 16.0 Å². The second-order valence-corrected chi connectivity index (χ2v) is 6.94. The molecular weight excluding hydrogens is 376 g/mol. The van der Waals surface area contributed by atoms with Crippen molar-refractivity contribution in [1.29, 1.82) is 0 Å². The summed E-state index contributed by atoms with van der Waals surface area (Å²) in [6, 6.07) is 17.9. The Hall–Kier alpha value is -3.61. The number of nitrogens with one attached hydrogen (secondary N) is 3. The summed E-state index contributed by atoms with van der Waals surface area (Å²) < 4.78 is 1.84. The maximum Gasteiger partial charge on any atom is 0.251 e. The Bertz CT molecular complexity index is 996. The first-order valence-corrected chi connectivity index (χ1v) is 9.99. The number of amides is 1. The van der Waals surface area contributed by atoms with Crippen LogP contribution in [-0.4, -0.2) is 42.3 Å². The average Bonchev–Trinajstić information content (AvgIpc) is 3.33. The molecule has 0 aliphatic heterocycles. The van der Waals surface area contributed by atoms with Crippen LogP contribution in [0.2, 0.25) is 0 Å². The Kier molecular flexibility index (Phi) is 7.21. The van der Waals surface area contributed by atoms with Crippen molar-refractivity contribution < 1.29 is 4.79 Å². The van der Waals surface area contributed by atoms with Crippen molar-refractivity contribution in [3.63, 3.8) is 0 Å². The molecule has 0 aliphatic carbocycles. The van der Waals surface area contributed by atoms with Gasteiger partial charge in [-0.25, -0.2) is 4.68 Å². The molecule has 1 heterocycles. The molecule has 0 aliphatic rings. The molecule has 3 N–H and O–H groups in total. The number of nitrogens with zero attached hydrogens (tertiary/aromatic N) is 3. The van der Waals surface area contributed by atoms with E-state index in [4.69, 9.17) is 0 Å². The van der Waals surface area contributed by atoms with E-state index in [0.29, 0.717) is 12.1 Å². The highest BCUT2D eigenvalue weighted by Gasteiger charge is 2.09. The summed E-state index contributed by atoms with van der Waals surface area (Å²) in [6.45, 7) is 2.80. The van der Waals surface area contributed by atoms with E-state index in [-0.39, 0.29) is 11.9 Å². The van der Waals surface area contributed by atoms with Gasteiger partial charge < -0.3 is 16.0 Å². The number of aromatic nitrogens is 2. The normalized spacial score (nSPS) is 12.3. The summed E-state index contributed by atoms with van der Waals surface area (Å²) in [5.74, 6) is 0.655. The number of hydrogen-bond donors (Lipinski definition) is 3. The lowest BCUT2D eigenvalue weighted by molar-refractivity contribution is 0.0963. The Morgan fingerprint density at radius 1 is 1.17 bits per heavy atom. The maximum absolute atomic E-state index is 11.8. The van der Waals surface area contributed by atoms with E-state index in [1.54, 1.807) is 20.3 Å². The topological polar surface area (TPSA) is 83.3 Å². The molecule has 156 valence electrons. The van der Waals surface area contributed by atoms with Crippen LogP contribution in [0.25, 0.3) is 5.69 Å². The molecule has 1 unspecified atom stereocenters. The SMILES string of the molecule is CN=C(NCCc1cccc(C(=O)NC)c1)NC(C)c1cccc(-n2cccn2)c1. The largest absolute Gasteiger partial charge is 0.356 e. The smallest absolute Gasteiger partial charge is 0.251 e. The van der Waals surface area contributed by atoms with E-state index in [1.807, 2.05) is 53.3 Å². The molecule has 7 heteroatoms. The number of guanidine groups is 1. The van der Waals surface area contributed by atoms with Crippen molar-refractivity contribution in [3.8, 4) is 5.69 Å². The van der Waals surface area contributed by atoms with Gasteiger partial charge in [0, 0.05) is 38.6 Å². The molecule has 0 radical (unpaired) electrons. The molecule has 1 amide bonds. The van der Waals surface area contributed by atoms with E-state index in [1.165, 1.54) is 0 Å². The quantitative estimate of drug-likeness (QED) is 0.418. The molecule has 3 rings (SSSR count). The number of carbonyl (C=O) groups is 1. The first-order valence-electron chi connectivity index (χ1n) is 9.99. The van der Waals surface area contributed by atoms with Gasteiger partial charge in [0.25, 0.3) is 5.91 Å². The second kappa shape index (κ2) is 10.2. The fourth-order valence-electron chi connectivity index (χ4n) is 3.18. The Morgan fingerprint density at radius 2 is 2.00 bits per heavy atom. The van der Waals surface area contributed by atoms with Crippen LogP contribution in [0.15, 0.2) is 72.0 Å². The highest BCUT2D eigenvalue weighted by molar-refractivity contribution is 5.94. The van der Waals surface area contributed by atoms with Crippen LogP contribution in [0.5, 0.6) is 0 Å². The summed E-state index contributed by atoms with van der Waals surface area (Å²) in [6.07, 6.45) is 4.48. The van der Waals surface area contributed by atoms with Crippen molar-refractivity contribution in [3.05, 3.63) is 83.7 Å². The lowest BCUT2D eigenvalue weighted by Gasteiger charge is -2.19. The van der Waals surface area contributed by atoms with Crippen LogP contribution in [0.1, 0.15) is 34.5 Å². The fourth-order valence-corrected chi connectivity index (χ4v) is 3.18. The van der Waals surface area contributed by atoms with Crippen molar-refractivity contribution in [1.82, 2.24) is 25.7 Å². The molecular formula is C23H28N6O. The van der Waals surface area contributed by atoms with E-state index in [2.05, 4.69) is 45.1 Å². The van der Waals surface area contributed by atoms with Gasteiger partial charge in [-0.15, -0.1) is 0 Å². The van der Waals surface area contributed by atoms with Gasteiger partial charge in [-0.05, 0) is 54.8 Å². The monoisotopic (exact) mass is 404 g/mol. The zero-order valence-electron chi connectivity index (χ0n) is 17.6. The van der Waals surface area contributed by atoms with E-state index in [9.17, 15) is 4.79 Å². The summed E-state index contributed by atoms with van der Waals surface area (Å²) >= 11 is 0. The van der Waals surface area contributed by atoms with Gasteiger partial charge in [-0.3, -0.25) is 9.79 Å². The first kappa shape index (κ1) is 21.1. The zero-order valence-corrected chi connectivity index (χ0v) is 17.6. The molecule has 30 heavy (non-hydrogen) atoms. The third-order valence-electron chi connectivity index (χ3n) is 4.84. The van der Waals surface area contributed by atoms with Gasteiger partial charge in [0.15, 0.2) is 5.96 Å². The minimum atomic E-state index is -0.0755. The van der Waals surface area contributed by atoms with Crippen molar-refractivity contribution in [2.75, 3.05) is 20.6 Å². The summed E-state index contributed by atoms with van der Waals surface area (Å²) in [5.41, 5.74) is 3.93.